The van der Waals surface area contributed by atoms with Gasteiger partial charge < -0.3 is 24.5 Å². The van der Waals surface area contributed by atoms with Crippen molar-refractivity contribution in [3.8, 4) is 5.75 Å². The molecule has 0 saturated carbocycles. The minimum absolute atomic E-state index is 0.0575. The van der Waals surface area contributed by atoms with E-state index >= 15 is 0 Å². The number of phenols is 1. The number of hydrogen-bond acceptors (Lipinski definition) is 8. The monoisotopic (exact) mass is 532 g/mol. The third-order valence-corrected chi connectivity index (χ3v) is 6.57. The van der Waals surface area contributed by atoms with E-state index in [0.717, 1.165) is 10.9 Å². The summed E-state index contributed by atoms with van der Waals surface area (Å²) in [5.41, 5.74) is 3.10. The lowest BCUT2D eigenvalue weighted by Gasteiger charge is -2.26. The number of aromatic amines is 1. The molecule has 0 aliphatic heterocycles. The molecule has 1 aromatic heterocycles. The molecular weight excluding hydrogens is 500 g/mol. The van der Waals surface area contributed by atoms with E-state index in [1.807, 2.05) is 35.2 Å². The molecule has 1 aliphatic rings. The molecule has 204 valence electrons. The summed E-state index contributed by atoms with van der Waals surface area (Å²) in [6.45, 7) is 5.16. The highest BCUT2D eigenvalue weighted by atomic mass is 16.5. The minimum atomic E-state index is -0.660. The Kier molecular flexibility index (Phi) is 8.81. The number of para-hydroxylation sites is 1. The Hall–Kier alpha value is -4.40. The average molecular weight is 533 g/mol. The number of carbonyl (C=O) groups is 4. The van der Waals surface area contributed by atoms with Crippen molar-refractivity contribution in [1.29, 1.82) is 0 Å². The summed E-state index contributed by atoms with van der Waals surface area (Å²) in [6, 6.07) is 12.5. The van der Waals surface area contributed by atoms with Crippen molar-refractivity contribution >= 4 is 45.7 Å². The fourth-order valence-corrected chi connectivity index (χ4v) is 4.81. The molecule has 0 bridgehead atoms. The van der Waals surface area contributed by atoms with E-state index in [-0.39, 0.29) is 36.2 Å². The Morgan fingerprint density at radius 2 is 1.56 bits per heavy atom. The van der Waals surface area contributed by atoms with Crippen LogP contribution >= 0.6 is 0 Å². The zero-order valence-corrected chi connectivity index (χ0v) is 22.1. The molecular formula is C30H32N2O7. The van der Waals surface area contributed by atoms with E-state index in [9.17, 15) is 24.3 Å². The molecule has 9 nitrogen and oxygen atoms in total. The summed E-state index contributed by atoms with van der Waals surface area (Å²) in [7, 11) is 0. The highest BCUT2D eigenvalue weighted by Crippen LogP contribution is 2.40. The fraction of sp³-hybridized carbons (Fsp3) is 0.333. The number of fused-ring (bicyclic) bond motifs is 3. The Morgan fingerprint density at radius 3 is 2.18 bits per heavy atom. The third kappa shape index (κ3) is 6.19. The maximum absolute atomic E-state index is 12.6. The van der Waals surface area contributed by atoms with Crippen molar-refractivity contribution in [2.75, 3.05) is 31.2 Å². The molecule has 2 aromatic carbocycles. The molecule has 1 aliphatic carbocycles. The maximum Gasteiger partial charge on any atom is 0.305 e. The number of Topliss-reactive ketones (excluding diaryl/α,β-unsaturated/α-hetero) is 1. The number of phenolic OH excluding ortho intramolecular Hbond substituents is 1. The first-order valence-electron chi connectivity index (χ1n) is 13.1. The number of allylic oxidation sites excluding steroid dienone is 1. The Bertz CT molecular complexity index is 1410. The van der Waals surface area contributed by atoms with E-state index in [1.54, 1.807) is 26.0 Å². The number of nitrogens with zero attached hydrogens (tertiary/aromatic N) is 1. The number of anilines is 1. The van der Waals surface area contributed by atoms with Gasteiger partial charge in [0.05, 0.1) is 18.9 Å². The van der Waals surface area contributed by atoms with E-state index in [2.05, 4.69) is 4.98 Å². The normalized spacial score (nSPS) is 12.7. The SMILES string of the molecule is CCOC(=O)CCCN(CCCC(=O)OCC)c1ccc(C2=CC(=O)C(=O)c3[nH]c4ccccc4c32)c(O)c1. The summed E-state index contributed by atoms with van der Waals surface area (Å²) in [4.78, 5) is 53.8. The zero-order chi connectivity index (χ0) is 27.9. The van der Waals surface area contributed by atoms with E-state index in [4.69, 9.17) is 9.47 Å². The number of nitrogens with one attached hydrogen (secondary N) is 1. The Labute approximate surface area is 226 Å². The predicted molar refractivity (Wildman–Crippen MR) is 147 cm³/mol. The smallest absolute Gasteiger partial charge is 0.305 e. The number of H-pyrrole nitrogens is 1. The van der Waals surface area contributed by atoms with Crippen LogP contribution in [0.4, 0.5) is 5.69 Å². The molecule has 0 unspecified atom stereocenters. The van der Waals surface area contributed by atoms with Gasteiger partial charge in [0.1, 0.15) is 5.75 Å². The molecule has 4 rings (SSSR count). The number of benzene rings is 2. The lowest BCUT2D eigenvalue weighted by Crippen LogP contribution is -2.27. The first kappa shape index (κ1) is 27.6. The summed E-state index contributed by atoms with van der Waals surface area (Å²) < 4.78 is 10.0. The van der Waals surface area contributed by atoms with E-state index in [0.29, 0.717) is 61.5 Å². The predicted octanol–water partition coefficient (Wildman–Crippen LogP) is 4.56. The van der Waals surface area contributed by atoms with Crippen molar-refractivity contribution in [2.24, 2.45) is 0 Å². The largest absolute Gasteiger partial charge is 0.507 e. The number of ether oxygens (including phenoxy) is 2. The maximum atomic E-state index is 12.6. The van der Waals surface area contributed by atoms with Gasteiger partial charge in [0, 0.05) is 59.7 Å². The van der Waals surface area contributed by atoms with Gasteiger partial charge in [-0.3, -0.25) is 19.2 Å². The second kappa shape index (κ2) is 12.4. The lowest BCUT2D eigenvalue weighted by molar-refractivity contribution is -0.144. The van der Waals surface area contributed by atoms with E-state index < -0.39 is 11.6 Å². The Morgan fingerprint density at radius 1 is 0.923 bits per heavy atom. The molecule has 9 heteroatoms. The van der Waals surface area contributed by atoms with Crippen molar-refractivity contribution in [3.05, 3.63) is 65.4 Å². The number of hydrogen-bond donors (Lipinski definition) is 2. The van der Waals surface area contributed by atoms with Gasteiger partial charge in [-0.1, -0.05) is 18.2 Å². The van der Waals surface area contributed by atoms with Gasteiger partial charge in [-0.2, -0.15) is 0 Å². The van der Waals surface area contributed by atoms with E-state index in [1.165, 1.54) is 6.08 Å². The van der Waals surface area contributed by atoms with Crippen LogP contribution in [-0.2, 0) is 23.9 Å². The summed E-state index contributed by atoms with van der Waals surface area (Å²) in [6.07, 6.45) is 2.83. The fourth-order valence-electron chi connectivity index (χ4n) is 4.81. The van der Waals surface area contributed by atoms with Gasteiger partial charge in [0.25, 0.3) is 0 Å². The first-order valence-corrected chi connectivity index (χ1v) is 13.1. The van der Waals surface area contributed by atoms with Crippen LogP contribution in [0.2, 0.25) is 0 Å². The second-order valence-corrected chi connectivity index (χ2v) is 9.18. The molecule has 0 saturated heterocycles. The topological polar surface area (TPSA) is 126 Å². The van der Waals surface area contributed by atoms with Crippen LogP contribution in [0, 0.1) is 0 Å². The molecule has 3 aromatic rings. The van der Waals surface area contributed by atoms with Crippen LogP contribution in [0.15, 0.2) is 48.5 Å². The van der Waals surface area contributed by atoms with Gasteiger partial charge in [0.15, 0.2) is 0 Å². The molecule has 0 radical (unpaired) electrons. The van der Waals surface area contributed by atoms with Crippen molar-refractivity contribution in [2.45, 2.75) is 39.5 Å². The number of esters is 2. The van der Waals surface area contributed by atoms with Gasteiger partial charge in [-0.05, 0) is 56.5 Å². The average Bonchev–Trinajstić information content (AvgIpc) is 3.30. The molecule has 0 amide bonds. The van der Waals surface area contributed by atoms with Crippen molar-refractivity contribution < 1.29 is 33.8 Å². The number of rotatable bonds is 12. The minimum Gasteiger partial charge on any atom is -0.507 e. The lowest BCUT2D eigenvalue weighted by atomic mass is 9.87. The third-order valence-electron chi connectivity index (χ3n) is 6.57. The van der Waals surface area contributed by atoms with Crippen LogP contribution < -0.4 is 4.90 Å². The van der Waals surface area contributed by atoms with Gasteiger partial charge in [-0.15, -0.1) is 0 Å². The molecule has 39 heavy (non-hydrogen) atoms. The van der Waals surface area contributed by atoms with Crippen LogP contribution in [0.3, 0.4) is 0 Å². The van der Waals surface area contributed by atoms with Gasteiger partial charge >= 0.3 is 11.9 Å². The van der Waals surface area contributed by atoms with Crippen LogP contribution in [-0.4, -0.2) is 59.9 Å². The van der Waals surface area contributed by atoms with Gasteiger partial charge in [-0.25, -0.2) is 0 Å². The molecule has 0 fully saturated rings. The molecule has 1 heterocycles. The van der Waals surface area contributed by atoms with Crippen LogP contribution in [0.5, 0.6) is 5.75 Å². The quantitative estimate of drug-likeness (QED) is 0.257. The number of ketones is 2. The highest BCUT2D eigenvalue weighted by molar-refractivity contribution is 6.51. The standard InChI is InChI=1S/C30H32N2O7/c1-3-38-26(35)11-7-15-32(16-8-12-27(36)39-4-2)19-13-14-20(24(33)17-19)22-18-25(34)30(37)29-28(22)21-9-5-6-10-23(21)31-29/h5-6,9-10,13-14,17-18,31,33H,3-4,7-8,11-12,15-16H2,1-2H3. The summed E-state index contributed by atoms with van der Waals surface area (Å²) in [5, 5.41) is 11.9. The Balaban J connectivity index is 1.61. The van der Waals surface area contributed by atoms with Crippen LogP contribution in [0.1, 0.15) is 61.1 Å². The van der Waals surface area contributed by atoms with Crippen molar-refractivity contribution in [3.63, 3.8) is 0 Å². The number of carbonyl (C=O) groups excluding carboxylic acids is 4. The first-order chi connectivity index (χ1) is 18.8. The highest BCUT2D eigenvalue weighted by Gasteiger charge is 2.31. The number of aromatic nitrogens is 1. The molecule has 0 atom stereocenters. The van der Waals surface area contributed by atoms with Crippen LogP contribution in [0.25, 0.3) is 16.5 Å². The molecule has 2 N–H and O–H groups in total. The van der Waals surface area contributed by atoms with Crippen molar-refractivity contribution in [1.82, 2.24) is 4.98 Å². The summed E-state index contributed by atoms with van der Waals surface area (Å²) >= 11 is 0. The molecule has 0 spiro atoms. The van der Waals surface area contributed by atoms with Gasteiger partial charge in [0.2, 0.25) is 11.6 Å². The number of aromatic hydroxyl groups is 1. The zero-order valence-electron chi connectivity index (χ0n) is 22.1. The second-order valence-electron chi connectivity index (χ2n) is 9.18. The summed E-state index contributed by atoms with van der Waals surface area (Å²) in [5.74, 6) is -1.89.